The summed E-state index contributed by atoms with van der Waals surface area (Å²) in [7, 11) is 0. The van der Waals surface area contributed by atoms with Crippen LogP contribution in [0.4, 0.5) is 0 Å². The summed E-state index contributed by atoms with van der Waals surface area (Å²) in [6, 6.07) is 8.62. The third-order valence-electron chi connectivity index (χ3n) is 4.33. The van der Waals surface area contributed by atoms with Gasteiger partial charge < -0.3 is 14.5 Å². The van der Waals surface area contributed by atoms with Crippen LogP contribution in [-0.2, 0) is 4.79 Å². The molecular formula is C17H17ClN2O4. The Bertz CT molecular complexity index is 773. The van der Waals surface area contributed by atoms with Crippen LogP contribution in [-0.4, -0.2) is 39.6 Å². The van der Waals surface area contributed by atoms with Crippen molar-refractivity contribution in [2.24, 2.45) is 5.92 Å². The summed E-state index contributed by atoms with van der Waals surface area (Å²) in [5.41, 5.74) is 1.26. The lowest BCUT2D eigenvalue weighted by atomic mass is 9.93. The molecule has 2 unspecified atom stereocenters. The van der Waals surface area contributed by atoms with Crippen LogP contribution in [0.2, 0.25) is 5.02 Å². The maximum Gasteiger partial charge on any atom is 0.308 e. The lowest BCUT2D eigenvalue weighted by Gasteiger charge is -2.35. The van der Waals surface area contributed by atoms with Crippen molar-refractivity contribution < 1.29 is 19.2 Å². The summed E-state index contributed by atoms with van der Waals surface area (Å²) < 4.78 is 5.19. The molecule has 0 saturated carbocycles. The van der Waals surface area contributed by atoms with E-state index in [-0.39, 0.29) is 24.3 Å². The summed E-state index contributed by atoms with van der Waals surface area (Å²) in [6.07, 6.45) is 1.22. The lowest BCUT2D eigenvalue weighted by Crippen LogP contribution is -2.47. The number of likely N-dealkylation sites (tertiary alicyclic amines) is 1. The Morgan fingerprint density at radius 2 is 2.12 bits per heavy atom. The number of amides is 1. The molecule has 2 atom stereocenters. The quantitative estimate of drug-likeness (QED) is 0.919. The third kappa shape index (κ3) is 3.28. The highest BCUT2D eigenvalue weighted by atomic mass is 35.5. The van der Waals surface area contributed by atoms with Gasteiger partial charge in [-0.2, -0.15) is 0 Å². The zero-order valence-corrected chi connectivity index (χ0v) is 13.9. The fraction of sp³-hybridized carbons (Fsp3) is 0.353. The van der Waals surface area contributed by atoms with Gasteiger partial charge in [0.05, 0.1) is 5.92 Å². The van der Waals surface area contributed by atoms with Crippen molar-refractivity contribution in [3.8, 4) is 11.3 Å². The molecule has 24 heavy (non-hydrogen) atoms. The van der Waals surface area contributed by atoms with Crippen molar-refractivity contribution >= 4 is 23.5 Å². The topological polar surface area (TPSA) is 83.6 Å². The van der Waals surface area contributed by atoms with Crippen molar-refractivity contribution in [2.75, 3.05) is 6.54 Å². The first-order valence-corrected chi connectivity index (χ1v) is 8.10. The monoisotopic (exact) mass is 348 g/mol. The van der Waals surface area contributed by atoms with E-state index in [2.05, 4.69) is 5.16 Å². The number of hydrogen-bond donors (Lipinski definition) is 1. The maximum absolute atomic E-state index is 12.7. The van der Waals surface area contributed by atoms with E-state index in [9.17, 15) is 14.7 Å². The van der Waals surface area contributed by atoms with E-state index < -0.39 is 11.9 Å². The highest BCUT2D eigenvalue weighted by Gasteiger charge is 2.34. The number of carbonyl (C=O) groups excluding carboxylic acids is 1. The largest absolute Gasteiger partial charge is 0.481 e. The molecule has 0 bridgehead atoms. The number of halogens is 1. The molecule has 2 heterocycles. The van der Waals surface area contributed by atoms with Gasteiger partial charge in [-0.25, -0.2) is 0 Å². The SMILES string of the molecule is CC1CCC(C(=O)O)CN1C(=O)c1cc(-c2cccc(Cl)c2)no1. The summed E-state index contributed by atoms with van der Waals surface area (Å²) in [5, 5.41) is 13.7. The molecule has 0 spiro atoms. The molecule has 1 N–H and O–H groups in total. The van der Waals surface area contributed by atoms with Crippen molar-refractivity contribution in [3.05, 3.63) is 41.1 Å². The molecule has 0 radical (unpaired) electrons. The van der Waals surface area contributed by atoms with Gasteiger partial charge in [-0.1, -0.05) is 28.9 Å². The van der Waals surface area contributed by atoms with E-state index in [4.69, 9.17) is 16.1 Å². The van der Waals surface area contributed by atoms with Gasteiger partial charge in [0.1, 0.15) is 5.69 Å². The van der Waals surface area contributed by atoms with Crippen LogP contribution >= 0.6 is 11.6 Å². The molecule has 1 aliphatic heterocycles. The molecule has 7 heteroatoms. The number of aromatic nitrogens is 1. The highest BCUT2D eigenvalue weighted by Crippen LogP contribution is 2.26. The van der Waals surface area contributed by atoms with Crippen LogP contribution < -0.4 is 0 Å². The van der Waals surface area contributed by atoms with Gasteiger partial charge in [0.15, 0.2) is 0 Å². The summed E-state index contributed by atoms with van der Waals surface area (Å²) >= 11 is 5.96. The number of aliphatic carboxylic acids is 1. The first kappa shape index (κ1) is 16.5. The van der Waals surface area contributed by atoms with Crippen molar-refractivity contribution in [1.82, 2.24) is 10.1 Å². The van der Waals surface area contributed by atoms with E-state index in [1.807, 2.05) is 13.0 Å². The zero-order valence-electron chi connectivity index (χ0n) is 13.1. The van der Waals surface area contributed by atoms with E-state index in [1.165, 1.54) is 0 Å². The molecule has 126 valence electrons. The Hall–Kier alpha value is -2.34. The van der Waals surface area contributed by atoms with Crippen LogP contribution in [0.1, 0.15) is 30.3 Å². The molecule has 1 fully saturated rings. The number of hydrogen-bond acceptors (Lipinski definition) is 4. The fourth-order valence-electron chi connectivity index (χ4n) is 2.89. The minimum Gasteiger partial charge on any atom is -0.481 e. The van der Waals surface area contributed by atoms with E-state index in [0.29, 0.717) is 23.6 Å². The third-order valence-corrected chi connectivity index (χ3v) is 4.57. The molecule has 3 rings (SSSR count). The minimum absolute atomic E-state index is 0.0344. The fourth-order valence-corrected chi connectivity index (χ4v) is 3.08. The molecule has 1 amide bonds. The van der Waals surface area contributed by atoms with Crippen molar-refractivity contribution in [1.29, 1.82) is 0 Å². The Kier molecular flexibility index (Phi) is 4.57. The van der Waals surface area contributed by atoms with Crippen molar-refractivity contribution in [2.45, 2.75) is 25.8 Å². The Morgan fingerprint density at radius 3 is 2.83 bits per heavy atom. The van der Waals surface area contributed by atoms with Gasteiger partial charge >= 0.3 is 5.97 Å². The second kappa shape index (κ2) is 6.65. The minimum atomic E-state index is -0.878. The molecular weight excluding hydrogens is 332 g/mol. The van der Waals surface area contributed by atoms with Crippen LogP contribution in [0.5, 0.6) is 0 Å². The average molecular weight is 349 g/mol. The summed E-state index contributed by atoms with van der Waals surface area (Å²) in [4.78, 5) is 25.4. The second-order valence-electron chi connectivity index (χ2n) is 6.01. The van der Waals surface area contributed by atoms with Crippen LogP contribution in [0.3, 0.4) is 0 Å². The predicted octanol–water partition coefficient (Wildman–Crippen LogP) is 3.32. The van der Waals surface area contributed by atoms with Gasteiger partial charge in [0, 0.05) is 29.2 Å². The number of rotatable bonds is 3. The van der Waals surface area contributed by atoms with Gasteiger partial charge in [0.25, 0.3) is 5.91 Å². The molecule has 2 aromatic rings. The van der Waals surface area contributed by atoms with Crippen molar-refractivity contribution in [3.63, 3.8) is 0 Å². The number of benzene rings is 1. The van der Waals surface area contributed by atoms with E-state index in [1.54, 1.807) is 29.2 Å². The van der Waals surface area contributed by atoms with Gasteiger partial charge in [-0.3, -0.25) is 9.59 Å². The normalized spacial score (nSPS) is 20.8. The Labute approximate surface area is 144 Å². The molecule has 1 aromatic carbocycles. The maximum atomic E-state index is 12.7. The van der Waals surface area contributed by atoms with Crippen LogP contribution in [0.25, 0.3) is 11.3 Å². The summed E-state index contributed by atoms with van der Waals surface area (Å²) in [6.45, 7) is 2.09. The predicted molar refractivity (Wildman–Crippen MR) is 87.8 cm³/mol. The number of carbonyl (C=O) groups is 2. The molecule has 1 aromatic heterocycles. The number of carboxylic acid groups (broad SMARTS) is 1. The molecule has 1 aliphatic rings. The lowest BCUT2D eigenvalue weighted by molar-refractivity contribution is -0.143. The first-order valence-electron chi connectivity index (χ1n) is 7.72. The summed E-state index contributed by atoms with van der Waals surface area (Å²) in [5.74, 6) is -1.66. The average Bonchev–Trinajstić information content (AvgIpc) is 3.04. The molecule has 6 nitrogen and oxygen atoms in total. The molecule has 1 saturated heterocycles. The standard InChI is InChI=1S/C17H17ClN2O4/c1-10-5-6-12(17(22)23)9-20(10)16(21)15-8-14(19-24-15)11-3-2-4-13(18)7-11/h2-4,7-8,10,12H,5-6,9H2,1H3,(H,22,23). The van der Waals surface area contributed by atoms with Crippen LogP contribution in [0.15, 0.2) is 34.9 Å². The van der Waals surface area contributed by atoms with Gasteiger partial charge in [-0.05, 0) is 31.9 Å². The Morgan fingerprint density at radius 1 is 1.33 bits per heavy atom. The van der Waals surface area contributed by atoms with E-state index >= 15 is 0 Å². The smallest absolute Gasteiger partial charge is 0.308 e. The molecule has 0 aliphatic carbocycles. The van der Waals surface area contributed by atoms with E-state index in [0.717, 1.165) is 5.56 Å². The number of carboxylic acids is 1. The second-order valence-corrected chi connectivity index (χ2v) is 6.44. The van der Waals surface area contributed by atoms with Crippen LogP contribution in [0, 0.1) is 5.92 Å². The highest BCUT2D eigenvalue weighted by molar-refractivity contribution is 6.30. The Balaban J connectivity index is 1.81. The first-order chi connectivity index (χ1) is 11.5. The number of piperidine rings is 1. The van der Waals surface area contributed by atoms with Gasteiger partial charge in [-0.15, -0.1) is 0 Å². The van der Waals surface area contributed by atoms with Gasteiger partial charge in [0.2, 0.25) is 5.76 Å². The zero-order chi connectivity index (χ0) is 17.3. The number of nitrogens with zero attached hydrogens (tertiary/aromatic N) is 2.